The Labute approximate surface area is 152 Å². The first-order chi connectivity index (χ1) is 11.8. The topological polar surface area (TPSA) is 55.4 Å². The van der Waals surface area contributed by atoms with Gasteiger partial charge in [0.1, 0.15) is 0 Å². The zero-order valence-corrected chi connectivity index (χ0v) is 14.5. The van der Waals surface area contributed by atoms with Crippen molar-refractivity contribution in [2.24, 2.45) is 0 Å². The van der Waals surface area contributed by atoms with Crippen molar-refractivity contribution < 1.29 is 23.1 Å². The Morgan fingerprint density at radius 2 is 1.72 bits per heavy atom. The van der Waals surface area contributed by atoms with E-state index in [4.69, 9.17) is 27.9 Å². The van der Waals surface area contributed by atoms with E-state index in [0.717, 1.165) is 5.56 Å². The van der Waals surface area contributed by atoms with Crippen LogP contribution in [0.15, 0.2) is 36.4 Å². The lowest BCUT2D eigenvalue weighted by molar-refractivity contribution is -0.124. The zero-order chi connectivity index (χ0) is 18.6. The molecule has 0 radical (unpaired) electrons. The fourth-order valence-corrected chi connectivity index (χ4v) is 2.36. The van der Waals surface area contributed by atoms with Crippen molar-refractivity contribution in [2.75, 3.05) is 6.61 Å². The minimum absolute atomic E-state index is 0.307. The van der Waals surface area contributed by atoms with Crippen LogP contribution in [0.4, 0.5) is 8.78 Å². The van der Waals surface area contributed by atoms with Gasteiger partial charge < -0.3 is 10.1 Å². The quantitative estimate of drug-likeness (QED) is 0.614. The Bertz CT molecular complexity index is 797. The molecule has 2 rings (SSSR count). The predicted molar refractivity (Wildman–Crippen MR) is 89.7 cm³/mol. The second-order valence-electron chi connectivity index (χ2n) is 5.16. The third-order valence-electron chi connectivity index (χ3n) is 3.31. The molecule has 0 unspecified atom stereocenters. The molecule has 132 valence electrons. The SMILES string of the molecule is C[C@H](NC(=O)COC(=O)c1cc(F)c(F)cc1Cl)c1ccc(Cl)cc1. The van der Waals surface area contributed by atoms with Crippen LogP contribution in [0.25, 0.3) is 0 Å². The van der Waals surface area contributed by atoms with Crippen LogP contribution in [0.3, 0.4) is 0 Å². The van der Waals surface area contributed by atoms with Gasteiger partial charge in [-0.2, -0.15) is 0 Å². The molecule has 0 aliphatic carbocycles. The number of carbonyl (C=O) groups is 2. The molecular formula is C17H13Cl2F2NO3. The van der Waals surface area contributed by atoms with Crippen LogP contribution in [-0.4, -0.2) is 18.5 Å². The fraction of sp³-hybridized carbons (Fsp3) is 0.176. The number of ether oxygens (including phenoxy) is 1. The molecule has 0 aliphatic heterocycles. The van der Waals surface area contributed by atoms with Gasteiger partial charge >= 0.3 is 5.97 Å². The average Bonchev–Trinajstić information content (AvgIpc) is 2.56. The number of hydrogen-bond donors (Lipinski definition) is 1. The van der Waals surface area contributed by atoms with Crippen LogP contribution in [0.2, 0.25) is 10.0 Å². The van der Waals surface area contributed by atoms with Crippen molar-refractivity contribution in [2.45, 2.75) is 13.0 Å². The third kappa shape index (κ3) is 5.14. The first-order valence-corrected chi connectivity index (χ1v) is 7.90. The van der Waals surface area contributed by atoms with Gasteiger partial charge in [0, 0.05) is 5.02 Å². The second kappa shape index (κ2) is 8.27. The van der Waals surface area contributed by atoms with E-state index in [1.165, 1.54) is 0 Å². The van der Waals surface area contributed by atoms with Crippen molar-refractivity contribution in [3.63, 3.8) is 0 Å². The monoisotopic (exact) mass is 387 g/mol. The number of rotatable bonds is 5. The molecule has 0 aromatic heterocycles. The van der Waals surface area contributed by atoms with Gasteiger partial charge in [-0.3, -0.25) is 4.79 Å². The molecule has 2 aromatic rings. The van der Waals surface area contributed by atoms with E-state index in [1.54, 1.807) is 31.2 Å². The first kappa shape index (κ1) is 19.1. The van der Waals surface area contributed by atoms with Gasteiger partial charge in [-0.15, -0.1) is 0 Å². The summed E-state index contributed by atoms with van der Waals surface area (Å²) in [5, 5.41) is 2.89. The van der Waals surface area contributed by atoms with Crippen molar-refractivity contribution in [3.05, 3.63) is 69.2 Å². The maximum Gasteiger partial charge on any atom is 0.340 e. The minimum Gasteiger partial charge on any atom is -0.452 e. The van der Waals surface area contributed by atoms with Gasteiger partial charge in [-0.1, -0.05) is 35.3 Å². The molecule has 25 heavy (non-hydrogen) atoms. The fourth-order valence-electron chi connectivity index (χ4n) is 2.01. The molecule has 4 nitrogen and oxygen atoms in total. The summed E-state index contributed by atoms with van der Waals surface area (Å²) in [6.07, 6.45) is 0. The molecule has 0 fully saturated rings. The summed E-state index contributed by atoms with van der Waals surface area (Å²) < 4.78 is 30.9. The predicted octanol–water partition coefficient (Wildman–Crippen LogP) is 4.31. The van der Waals surface area contributed by atoms with E-state index in [2.05, 4.69) is 5.32 Å². The van der Waals surface area contributed by atoms with Gasteiger partial charge in [-0.25, -0.2) is 13.6 Å². The Morgan fingerprint density at radius 1 is 1.12 bits per heavy atom. The number of benzene rings is 2. The third-order valence-corrected chi connectivity index (χ3v) is 3.88. The normalized spacial score (nSPS) is 11.7. The maximum atomic E-state index is 13.2. The highest BCUT2D eigenvalue weighted by Gasteiger charge is 2.18. The van der Waals surface area contributed by atoms with Crippen molar-refractivity contribution in [3.8, 4) is 0 Å². The summed E-state index contributed by atoms with van der Waals surface area (Å²) in [5.74, 6) is -4.01. The van der Waals surface area contributed by atoms with Crippen LogP contribution in [0.1, 0.15) is 28.9 Å². The number of halogens is 4. The molecule has 1 amide bonds. The average molecular weight is 388 g/mol. The maximum absolute atomic E-state index is 13.2. The molecular weight excluding hydrogens is 375 g/mol. The summed E-state index contributed by atoms with van der Waals surface area (Å²) in [5.41, 5.74) is 0.451. The van der Waals surface area contributed by atoms with Crippen LogP contribution in [-0.2, 0) is 9.53 Å². The standard InChI is InChI=1S/C17H13Cl2F2NO3/c1-9(10-2-4-11(18)5-3-10)22-16(23)8-25-17(24)12-6-14(20)15(21)7-13(12)19/h2-7,9H,8H2,1H3,(H,22,23)/t9-/m0/s1. The zero-order valence-electron chi connectivity index (χ0n) is 13.0. The number of carbonyl (C=O) groups excluding carboxylic acids is 2. The second-order valence-corrected chi connectivity index (χ2v) is 6.01. The number of amides is 1. The van der Waals surface area contributed by atoms with Gasteiger partial charge in [0.05, 0.1) is 16.6 Å². The van der Waals surface area contributed by atoms with Crippen molar-refractivity contribution in [1.29, 1.82) is 0 Å². The summed E-state index contributed by atoms with van der Waals surface area (Å²) >= 11 is 11.5. The molecule has 2 aromatic carbocycles. The lowest BCUT2D eigenvalue weighted by Gasteiger charge is -2.14. The van der Waals surface area contributed by atoms with Gasteiger partial charge in [0.2, 0.25) is 0 Å². The van der Waals surface area contributed by atoms with E-state index in [-0.39, 0.29) is 16.6 Å². The summed E-state index contributed by atoms with van der Waals surface area (Å²) in [7, 11) is 0. The largest absolute Gasteiger partial charge is 0.452 e. The summed E-state index contributed by atoms with van der Waals surface area (Å²) in [4.78, 5) is 23.7. The van der Waals surface area contributed by atoms with Crippen LogP contribution in [0, 0.1) is 11.6 Å². The van der Waals surface area contributed by atoms with Crippen LogP contribution in [0.5, 0.6) is 0 Å². The lowest BCUT2D eigenvalue weighted by atomic mass is 10.1. The van der Waals surface area contributed by atoms with E-state index in [9.17, 15) is 18.4 Å². The highest BCUT2D eigenvalue weighted by atomic mass is 35.5. The van der Waals surface area contributed by atoms with Crippen LogP contribution >= 0.6 is 23.2 Å². The van der Waals surface area contributed by atoms with Crippen molar-refractivity contribution in [1.82, 2.24) is 5.32 Å². The highest BCUT2D eigenvalue weighted by Crippen LogP contribution is 2.21. The van der Waals surface area contributed by atoms with Gasteiger partial charge in [0.25, 0.3) is 5.91 Å². The molecule has 8 heteroatoms. The molecule has 1 N–H and O–H groups in total. The Hall–Kier alpha value is -2.18. The molecule has 0 spiro atoms. The summed E-state index contributed by atoms with van der Waals surface area (Å²) in [6.45, 7) is 1.15. The highest BCUT2D eigenvalue weighted by molar-refractivity contribution is 6.33. The minimum atomic E-state index is -1.24. The molecule has 1 atom stereocenters. The van der Waals surface area contributed by atoms with E-state index in [0.29, 0.717) is 17.2 Å². The molecule has 0 saturated heterocycles. The Kier molecular flexibility index (Phi) is 6.33. The molecule has 0 bridgehead atoms. The molecule has 0 saturated carbocycles. The summed E-state index contributed by atoms with van der Waals surface area (Å²) in [6, 6.07) is 7.82. The number of nitrogens with one attached hydrogen (secondary N) is 1. The smallest absolute Gasteiger partial charge is 0.340 e. The van der Waals surface area contributed by atoms with E-state index < -0.39 is 30.1 Å². The van der Waals surface area contributed by atoms with Crippen LogP contribution < -0.4 is 5.32 Å². The Morgan fingerprint density at radius 3 is 2.36 bits per heavy atom. The lowest BCUT2D eigenvalue weighted by Crippen LogP contribution is -2.31. The van der Waals surface area contributed by atoms with E-state index in [1.807, 2.05) is 0 Å². The molecule has 0 heterocycles. The number of esters is 1. The molecule has 0 aliphatic rings. The Balaban J connectivity index is 1.92. The number of hydrogen-bond acceptors (Lipinski definition) is 3. The van der Waals surface area contributed by atoms with E-state index >= 15 is 0 Å². The van der Waals surface area contributed by atoms with Gasteiger partial charge in [-0.05, 0) is 36.8 Å². The first-order valence-electron chi connectivity index (χ1n) is 7.14. The van der Waals surface area contributed by atoms with Gasteiger partial charge in [0.15, 0.2) is 18.2 Å². The van der Waals surface area contributed by atoms with Crippen molar-refractivity contribution >= 4 is 35.1 Å².